The van der Waals surface area contributed by atoms with E-state index in [4.69, 9.17) is 51.6 Å². The van der Waals surface area contributed by atoms with E-state index in [0.29, 0.717) is 73.2 Å². The topological polar surface area (TPSA) is 105 Å². The first-order chi connectivity index (χ1) is 25.5. The Labute approximate surface area is 323 Å². The molecule has 2 atom stereocenters. The minimum Gasteiger partial charge on any atom is -0.490 e. The highest BCUT2D eigenvalue weighted by Gasteiger charge is 2.40. The van der Waals surface area contributed by atoms with Crippen molar-refractivity contribution in [2.24, 2.45) is 11.3 Å². The third kappa shape index (κ3) is 11.2. The summed E-state index contributed by atoms with van der Waals surface area (Å²) in [5, 5.41) is 4.41. The third-order valence-corrected chi connectivity index (χ3v) is 10.3. The monoisotopic (exact) mass is 770 g/mol. The number of esters is 1. The fraction of sp³-hybridized carbons (Fsp3) is 0.512. The summed E-state index contributed by atoms with van der Waals surface area (Å²) in [6, 6.07) is 17.7. The Balaban J connectivity index is 1.22. The van der Waals surface area contributed by atoms with Crippen LogP contribution in [-0.2, 0) is 25.6 Å². The SMILES string of the molecule is COCCOc1cc(CN(C(=O)[C@H]2CNCC[C@@H]2c2ccc(OCCOc3c(Cl)cc(C)cc3Cl)cc2)C2CC2)ccc1OCCC(C)(C)C(=O)OC. The standard InChI is InChI=1S/C41H52Cl2N2O8/c1-27-22-34(42)38(35(43)23-27)53-21-20-50-31-11-7-29(8-12-31)32-14-16-44-25-33(32)39(46)45(30-9-10-30)26-28-6-13-36(37(24-28)52-19-18-48-4)51-17-15-41(2,3)40(47)49-5/h6-8,11-13,22-24,30,32-33,44H,9-10,14-21,25-26H2,1-5H3/t32-,33+/m1/s1. The van der Waals surface area contributed by atoms with Gasteiger partial charge in [0.15, 0.2) is 17.2 Å². The summed E-state index contributed by atoms with van der Waals surface area (Å²) in [5.74, 6) is 2.07. The normalized spacial score (nSPS) is 17.2. The van der Waals surface area contributed by atoms with Gasteiger partial charge in [-0.3, -0.25) is 9.59 Å². The van der Waals surface area contributed by atoms with Gasteiger partial charge in [0.2, 0.25) is 5.91 Å². The lowest BCUT2D eigenvalue weighted by Crippen LogP contribution is -2.47. The number of nitrogens with one attached hydrogen (secondary N) is 1. The number of carbonyl (C=O) groups excluding carboxylic acids is 2. The van der Waals surface area contributed by atoms with Crippen molar-refractivity contribution in [2.75, 3.05) is 60.3 Å². The summed E-state index contributed by atoms with van der Waals surface area (Å²) in [5.41, 5.74) is 2.36. The number of piperidine rings is 1. The number of amides is 1. The second-order valence-electron chi connectivity index (χ2n) is 14.3. The summed E-state index contributed by atoms with van der Waals surface area (Å²) >= 11 is 12.6. The lowest BCUT2D eigenvalue weighted by Gasteiger charge is -2.36. The molecule has 1 saturated heterocycles. The number of carbonyl (C=O) groups is 2. The van der Waals surface area contributed by atoms with Gasteiger partial charge in [-0.2, -0.15) is 0 Å². The Hall–Kier alpha value is -3.70. The van der Waals surface area contributed by atoms with Crippen LogP contribution in [0.15, 0.2) is 54.6 Å². The minimum absolute atomic E-state index is 0.0751. The Kier molecular flexibility index (Phi) is 14.6. The molecule has 1 saturated carbocycles. The molecule has 53 heavy (non-hydrogen) atoms. The molecule has 3 aromatic rings. The zero-order valence-corrected chi connectivity index (χ0v) is 32.9. The van der Waals surface area contributed by atoms with Crippen LogP contribution in [-0.4, -0.2) is 83.2 Å². The molecule has 0 unspecified atom stereocenters. The van der Waals surface area contributed by atoms with Crippen molar-refractivity contribution < 1.29 is 38.0 Å². The van der Waals surface area contributed by atoms with Crippen molar-refractivity contribution in [3.63, 3.8) is 0 Å². The lowest BCUT2D eigenvalue weighted by atomic mass is 9.80. The summed E-state index contributed by atoms with van der Waals surface area (Å²) in [7, 11) is 3.01. The number of nitrogens with zero attached hydrogens (tertiary/aromatic N) is 1. The molecule has 1 aliphatic carbocycles. The molecule has 1 heterocycles. The fourth-order valence-electron chi connectivity index (χ4n) is 6.55. The van der Waals surface area contributed by atoms with Gasteiger partial charge in [-0.1, -0.05) is 41.4 Å². The van der Waals surface area contributed by atoms with Gasteiger partial charge in [-0.05, 0) is 112 Å². The highest BCUT2D eigenvalue weighted by Crippen LogP contribution is 2.38. The Morgan fingerprint density at radius 1 is 0.830 bits per heavy atom. The third-order valence-electron chi connectivity index (χ3n) is 9.75. The predicted octanol–water partition coefficient (Wildman–Crippen LogP) is 7.64. The van der Waals surface area contributed by atoms with Crippen LogP contribution in [0.3, 0.4) is 0 Å². The lowest BCUT2D eigenvalue weighted by molar-refractivity contribution is -0.151. The van der Waals surface area contributed by atoms with Crippen LogP contribution in [0.5, 0.6) is 23.0 Å². The van der Waals surface area contributed by atoms with E-state index in [0.717, 1.165) is 48.2 Å². The maximum atomic E-state index is 14.4. The van der Waals surface area contributed by atoms with Gasteiger partial charge in [0.1, 0.15) is 25.6 Å². The van der Waals surface area contributed by atoms with Gasteiger partial charge >= 0.3 is 5.97 Å². The summed E-state index contributed by atoms with van der Waals surface area (Å²) in [4.78, 5) is 28.6. The quantitative estimate of drug-likeness (QED) is 0.0973. The number of hydrogen-bond donors (Lipinski definition) is 1. The van der Waals surface area contributed by atoms with Crippen LogP contribution in [0.1, 0.15) is 62.1 Å². The van der Waals surface area contributed by atoms with Gasteiger partial charge in [-0.25, -0.2) is 0 Å². The molecule has 0 radical (unpaired) electrons. The van der Waals surface area contributed by atoms with E-state index in [1.165, 1.54) is 7.11 Å². The zero-order chi connectivity index (χ0) is 38.0. The number of hydrogen-bond acceptors (Lipinski definition) is 9. The Morgan fingerprint density at radius 3 is 2.19 bits per heavy atom. The van der Waals surface area contributed by atoms with E-state index in [-0.39, 0.29) is 36.4 Å². The van der Waals surface area contributed by atoms with Crippen LogP contribution in [0.2, 0.25) is 10.0 Å². The van der Waals surface area contributed by atoms with Gasteiger partial charge in [0.25, 0.3) is 0 Å². The Bertz CT molecular complexity index is 1660. The van der Waals surface area contributed by atoms with Gasteiger partial charge < -0.3 is 38.6 Å². The van der Waals surface area contributed by atoms with Crippen LogP contribution >= 0.6 is 23.2 Å². The highest BCUT2D eigenvalue weighted by molar-refractivity contribution is 6.37. The molecule has 0 bridgehead atoms. The van der Waals surface area contributed by atoms with Gasteiger partial charge in [0, 0.05) is 26.2 Å². The maximum absolute atomic E-state index is 14.4. The molecule has 1 N–H and O–H groups in total. The van der Waals surface area contributed by atoms with Crippen LogP contribution < -0.4 is 24.3 Å². The van der Waals surface area contributed by atoms with Crippen molar-refractivity contribution >= 4 is 35.1 Å². The molecule has 2 fully saturated rings. The molecule has 0 aromatic heterocycles. The molecule has 10 nitrogen and oxygen atoms in total. The number of rotatable bonds is 19. The Morgan fingerprint density at radius 2 is 1.51 bits per heavy atom. The van der Waals surface area contributed by atoms with Gasteiger partial charge in [-0.15, -0.1) is 0 Å². The van der Waals surface area contributed by atoms with Crippen LogP contribution in [0, 0.1) is 18.3 Å². The molecule has 0 spiro atoms. The number of halogens is 2. The predicted molar refractivity (Wildman–Crippen MR) is 206 cm³/mol. The fourth-order valence-corrected chi connectivity index (χ4v) is 7.26. The van der Waals surface area contributed by atoms with E-state index in [2.05, 4.69) is 17.4 Å². The molecule has 5 rings (SSSR count). The van der Waals surface area contributed by atoms with Gasteiger partial charge in [0.05, 0.1) is 41.7 Å². The first-order valence-corrected chi connectivity index (χ1v) is 19.0. The molecule has 3 aromatic carbocycles. The molecular formula is C41H52Cl2N2O8. The van der Waals surface area contributed by atoms with Crippen molar-refractivity contribution in [1.82, 2.24) is 10.2 Å². The number of aryl methyl sites for hydroxylation is 1. The van der Waals surface area contributed by atoms with E-state index < -0.39 is 5.41 Å². The smallest absolute Gasteiger partial charge is 0.311 e. The summed E-state index contributed by atoms with van der Waals surface area (Å²) in [6.45, 7) is 9.21. The molecular weight excluding hydrogens is 719 g/mol. The average Bonchev–Trinajstić information content (AvgIpc) is 3.99. The first-order valence-electron chi connectivity index (χ1n) is 18.3. The van der Waals surface area contributed by atoms with Crippen LogP contribution in [0.4, 0.5) is 0 Å². The van der Waals surface area contributed by atoms with Crippen molar-refractivity contribution in [3.8, 4) is 23.0 Å². The second kappa shape index (κ2) is 19.1. The maximum Gasteiger partial charge on any atom is 0.311 e. The molecule has 12 heteroatoms. The van der Waals surface area contributed by atoms with Crippen molar-refractivity contribution in [3.05, 3.63) is 81.3 Å². The van der Waals surface area contributed by atoms with Crippen molar-refractivity contribution in [2.45, 2.75) is 65.0 Å². The number of methoxy groups -OCH3 is 2. The highest BCUT2D eigenvalue weighted by atomic mass is 35.5. The number of ether oxygens (including phenoxy) is 6. The van der Waals surface area contributed by atoms with E-state index in [1.54, 1.807) is 7.11 Å². The summed E-state index contributed by atoms with van der Waals surface area (Å²) in [6.07, 6.45) is 3.31. The minimum atomic E-state index is -0.679. The van der Waals surface area contributed by atoms with E-state index in [9.17, 15) is 9.59 Å². The first kappa shape index (κ1) is 40.5. The molecule has 2 aliphatic rings. The molecule has 1 aliphatic heterocycles. The van der Waals surface area contributed by atoms with E-state index >= 15 is 0 Å². The summed E-state index contributed by atoms with van der Waals surface area (Å²) < 4.78 is 34.1. The van der Waals surface area contributed by atoms with Crippen LogP contribution in [0.25, 0.3) is 0 Å². The van der Waals surface area contributed by atoms with Crippen molar-refractivity contribution in [1.29, 1.82) is 0 Å². The number of benzene rings is 3. The second-order valence-corrected chi connectivity index (χ2v) is 15.1. The molecule has 288 valence electrons. The molecule has 1 amide bonds. The average molecular weight is 772 g/mol. The largest absolute Gasteiger partial charge is 0.490 e. The zero-order valence-electron chi connectivity index (χ0n) is 31.4. The van der Waals surface area contributed by atoms with E-state index in [1.807, 2.05) is 68.1 Å².